The Hall–Kier alpha value is -4.51. The zero-order valence-corrected chi connectivity index (χ0v) is 37.0. The normalized spacial score (nSPS) is 14.1. The zero-order valence-electron chi connectivity index (χ0n) is 37.0. The van der Waals surface area contributed by atoms with Gasteiger partial charge in [0.2, 0.25) is 11.8 Å². The Morgan fingerprint density at radius 1 is 0.712 bits per heavy atom. The van der Waals surface area contributed by atoms with Gasteiger partial charge in [-0.05, 0) is 82.9 Å². The van der Waals surface area contributed by atoms with Crippen LogP contribution in [-0.4, -0.2) is 69.8 Å². The number of carboxylic acids is 1. The molecule has 11 heteroatoms. The van der Waals surface area contributed by atoms with Crippen molar-refractivity contribution in [3.05, 3.63) is 59.7 Å². The minimum absolute atomic E-state index is 0.0468. The van der Waals surface area contributed by atoms with E-state index >= 15 is 0 Å². The number of unbranched alkanes of at least 4 members (excludes halogenated alkanes) is 3. The molecule has 2 aromatic rings. The fourth-order valence-electron chi connectivity index (χ4n) is 7.12. The summed E-state index contributed by atoms with van der Waals surface area (Å²) in [6.07, 6.45) is 5.34. The predicted molar refractivity (Wildman–Crippen MR) is 231 cm³/mol. The fourth-order valence-corrected chi connectivity index (χ4v) is 7.12. The lowest BCUT2D eigenvalue weighted by Gasteiger charge is -2.32. The molecular formula is C48H70N2O9. The summed E-state index contributed by atoms with van der Waals surface area (Å²) in [6, 6.07) is 13.4. The number of carbonyl (C=O) groups excluding carboxylic acids is 6. The minimum Gasteiger partial charge on any atom is -0.480 e. The van der Waals surface area contributed by atoms with E-state index in [2.05, 4.69) is 41.8 Å². The maximum atomic E-state index is 14.0. The van der Waals surface area contributed by atoms with E-state index in [1.807, 2.05) is 52.0 Å². The highest BCUT2D eigenvalue weighted by atomic mass is 16.5. The lowest BCUT2D eigenvalue weighted by molar-refractivity contribution is -0.145. The van der Waals surface area contributed by atoms with Crippen molar-refractivity contribution in [3.63, 3.8) is 0 Å². The molecule has 0 radical (unpaired) electrons. The molecule has 0 saturated carbocycles. The Kier molecular flexibility index (Phi) is 21.6. The first-order valence-electron chi connectivity index (χ1n) is 21.5. The highest BCUT2D eigenvalue weighted by Gasteiger charge is 2.37. The van der Waals surface area contributed by atoms with E-state index in [1.54, 1.807) is 20.8 Å². The number of carboxylic acid groups (broad SMARTS) is 1. The largest absolute Gasteiger partial charge is 0.480 e. The van der Waals surface area contributed by atoms with Gasteiger partial charge in [0, 0.05) is 49.5 Å². The number of benzene rings is 2. The molecular weight excluding hydrogens is 749 g/mol. The average molecular weight is 819 g/mol. The molecule has 0 aliphatic carbocycles. The Balaban J connectivity index is 2.14. The minimum atomic E-state index is -1.44. The van der Waals surface area contributed by atoms with Crippen LogP contribution in [0.25, 0.3) is 11.1 Å². The van der Waals surface area contributed by atoms with E-state index in [0.717, 1.165) is 43.2 Å². The lowest BCUT2D eigenvalue weighted by Crippen LogP contribution is -2.53. The topological polar surface area (TPSA) is 173 Å². The van der Waals surface area contributed by atoms with E-state index in [0.29, 0.717) is 24.8 Å². The molecule has 0 bridgehead atoms. The van der Waals surface area contributed by atoms with Gasteiger partial charge in [-0.2, -0.15) is 0 Å². The van der Waals surface area contributed by atoms with E-state index in [1.165, 1.54) is 12.5 Å². The number of rotatable bonds is 28. The molecule has 0 unspecified atom stereocenters. The molecule has 0 aromatic heterocycles. The van der Waals surface area contributed by atoms with Crippen LogP contribution in [0.1, 0.15) is 155 Å². The molecule has 0 spiro atoms. The predicted octanol–water partition coefficient (Wildman–Crippen LogP) is 8.67. The molecule has 0 aliphatic rings. The number of carbonyl (C=O) groups is 7. The zero-order chi connectivity index (χ0) is 44.3. The molecule has 326 valence electrons. The molecule has 0 aliphatic heterocycles. The van der Waals surface area contributed by atoms with Crippen molar-refractivity contribution in [1.29, 1.82) is 0 Å². The standard InChI is InChI=1S/C48H70N2O9/c1-10-12-14-17-38(29-39(52)18-15-19-42(53)37-26-24-36(25-27-37)35-22-20-34(21-23-35)16-13-11-2)45(55)50-44(33(6)59-48(7,8)9)43(54)30-40(31(3)4)46(56)49-41(47(57)58)28-32(5)51/h20-27,31,33,38,40-41,44H,10-19,28-30H2,1-9H3,(H,49,56)(H,50,55)(H,57,58)/t33-,38-,40+,41+,44+/m1/s1. The second kappa shape index (κ2) is 25.2. The van der Waals surface area contributed by atoms with Crippen LogP contribution in [0.3, 0.4) is 0 Å². The van der Waals surface area contributed by atoms with Gasteiger partial charge in [0.15, 0.2) is 11.6 Å². The highest BCUT2D eigenvalue weighted by Crippen LogP contribution is 2.24. The summed E-state index contributed by atoms with van der Waals surface area (Å²) in [6.45, 7) is 16.0. The Morgan fingerprint density at radius 2 is 1.31 bits per heavy atom. The Morgan fingerprint density at radius 3 is 1.83 bits per heavy atom. The molecule has 2 rings (SSSR count). The number of nitrogens with one attached hydrogen (secondary N) is 2. The van der Waals surface area contributed by atoms with Crippen molar-refractivity contribution in [2.45, 2.75) is 170 Å². The summed E-state index contributed by atoms with van der Waals surface area (Å²) >= 11 is 0. The molecule has 0 fully saturated rings. The first-order chi connectivity index (χ1) is 27.8. The monoisotopic (exact) mass is 819 g/mol. The van der Waals surface area contributed by atoms with Crippen molar-refractivity contribution >= 4 is 40.9 Å². The number of amides is 2. The summed E-state index contributed by atoms with van der Waals surface area (Å²) in [7, 11) is 0. The van der Waals surface area contributed by atoms with Gasteiger partial charge >= 0.3 is 5.97 Å². The van der Waals surface area contributed by atoms with E-state index in [9.17, 15) is 38.7 Å². The van der Waals surface area contributed by atoms with Crippen molar-refractivity contribution in [3.8, 4) is 11.1 Å². The van der Waals surface area contributed by atoms with Crippen LogP contribution in [0, 0.1) is 17.8 Å². The third-order valence-corrected chi connectivity index (χ3v) is 10.5. The van der Waals surface area contributed by atoms with Gasteiger partial charge in [-0.1, -0.05) is 102 Å². The van der Waals surface area contributed by atoms with Crippen LogP contribution in [0.15, 0.2) is 48.5 Å². The van der Waals surface area contributed by atoms with Gasteiger partial charge in [-0.3, -0.25) is 28.8 Å². The molecule has 5 atom stereocenters. The summed E-state index contributed by atoms with van der Waals surface area (Å²) in [5.74, 6) is -5.67. The number of hydrogen-bond donors (Lipinski definition) is 3. The van der Waals surface area contributed by atoms with E-state index < -0.39 is 71.4 Å². The lowest BCUT2D eigenvalue weighted by atomic mass is 9.86. The SMILES string of the molecule is CCCCC[C@H](CC(=O)CCCC(=O)c1ccc(-c2ccc(CCCC)cc2)cc1)C(=O)N[C@H](C(=O)C[C@H](C(=O)N[C@@H](CC(C)=O)C(=O)O)C(C)C)[C@@H](C)OC(C)(C)C. The smallest absolute Gasteiger partial charge is 0.326 e. The number of ether oxygens (including phenoxy) is 1. The van der Waals surface area contributed by atoms with Crippen molar-refractivity contribution < 1.29 is 43.4 Å². The highest BCUT2D eigenvalue weighted by molar-refractivity contribution is 5.97. The third-order valence-electron chi connectivity index (χ3n) is 10.5. The first kappa shape index (κ1) is 50.6. The van der Waals surface area contributed by atoms with Gasteiger partial charge in [0.05, 0.1) is 11.7 Å². The first-order valence-corrected chi connectivity index (χ1v) is 21.5. The van der Waals surface area contributed by atoms with Crippen LogP contribution in [0.4, 0.5) is 0 Å². The quantitative estimate of drug-likeness (QED) is 0.0561. The van der Waals surface area contributed by atoms with Crippen LogP contribution in [0.2, 0.25) is 0 Å². The van der Waals surface area contributed by atoms with Gasteiger partial charge < -0.3 is 20.5 Å². The van der Waals surface area contributed by atoms with Crippen LogP contribution in [0.5, 0.6) is 0 Å². The molecule has 2 aromatic carbocycles. The van der Waals surface area contributed by atoms with E-state index in [-0.39, 0.29) is 43.2 Å². The summed E-state index contributed by atoms with van der Waals surface area (Å²) in [5.41, 5.74) is 3.31. The fraction of sp³-hybridized carbons (Fsp3) is 0.604. The summed E-state index contributed by atoms with van der Waals surface area (Å²) < 4.78 is 6.13. The van der Waals surface area contributed by atoms with Gasteiger partial charge in [0.1, 0.15) is 23.7 Å². The molecule has 11 nitrogen and oxygen atoms in total. The number of aryl methyl sites for hydroxylation is 1. The number of aliphatic carboxylic acids is 1. The Bertz CT molecular complexity index is 1690. The second-order valence-electron chi connectivity index (χ2n) is 17.3. The van der Waals surface area contributed by atoms with Crippen molar-refractivity contribution in [2.24, 2.45) is 17.8 Å². The average Bonchev–Trinajstić information content (AvgIpc) is 3.16. The van der Waals surface area contributed by atoms with Crippen LogP contribution < -0.4 is 10.6 Å². The van der Waals surface area contributed by atoms with Gasteiger partial charge in [-0.25, -0.2) is 4.79 Å². The number of hydrogen-bond acceptors (Lipinski definition) is 8. The molecule has 59 heavy (non-hydrogen) atoms. The maximum Gasteiger partial charge on any atom is 0.326 e. The van der Waals surface area contributed by atoms with Gasteiger partial charge in [0.25, 0.3) is 0 Å². The van der Waals surface area contributed by atoms with Crippen molar-refractivity contribution in [2.75, 3.05) is 0 Å². The van der Waals surface area contributed by atoms with E-state index in [4.69, 9.17) is 4.74 Å². The number of ketones is 4. The number of Topliss-reactive ketones (excluding diaryl/α,β-unsaturated/α-hetero) is 4. The second-order valence-corrected chi connectivity index (χ2v) is 17.3. The summed E-state index contributed by atoms with van der Waals surface area (Å²) in [4.78, 5) is 91.2. The molecule has 3 N–H and O–H groups in total. The van der Waals surface area contributed by atoms with Crippen LogP contribution in [-0.2, 0) is 39.9 Å². The van der Waals surface area contributed by atoms with Crippen molar-refractivity contribution in [1.82, 2.24) is 10.6 Å². The Labute approximate surface area is 352 Å². The molecule has 0 heterocycles. The maximum absolute atomic E-state index is 14.0. The summed E-state index contributed by atoms with van der Waals surface area (Å²) in [5, 5.41) is 14.9. The van der Waals surface area contributed by atoms with Gasteiger partial charge in [-0.15, -0.1) is 0 Å². The van der Waals surface area contributed by atoms with Crippen LogP contribution >= 0.6 is 0 Å². The molecule has 0 saturated heterocycles. The molecule has 2 amide bonds. The third kappa shape index (κ3) is 18.5.